The number of para-hydroxylation sites is 1. The number of hydrogen-bond acceptors (Lipinski definition) is 3. The lowest BCUT2D eigenvalue weighted by atomic mass is 10.1. The highest BCUT2D eigenvalue weighted by Gasteiger charge is 2.20. The Hall–Kier alpha value is -2.49. The summed E-state index contributed by atoms with van der Waals surface area (Å²) in [5.41, 5.74) is 2.50. The summed E-state index contributed by atoms with van der Waals surface area (Å²) in [4.78, 5) is 16.8. The number of hydrogen-bond donors (Lipinski definition) is 0. The fraction of sp³-hybridized carbons (Fsp3) is 0.381. The number of rotatable bonds is 6. The van der Waals surface area contributed by atoms with Gasteiger partial charge in [0.15, 0.2) is 0 Å². The van der Waals surface area contributed by atoms with E-state index in [2.05, 4.69) is 41.3 Å². The third-order valence-corrected chi connectivity index (χ3v) is 4.77. The van der Waals surface area contributed by atoms with Gasteiger partial charge in [-0.25, -0.2) is 0 Å². The quantitative estimate of drug-likeness (QED) is 0.810. The van der Waals surface area contributed by atoms with Crippen LogP contribution < -0.4 is 9.64 Å². The molecule has 0 aromatic heterocycles. The van der Waals surface area contributed by atoms with Crippen molar-refractivity contribution in [2.45, 2.75) is 19.3 Å². The molecule has 2 aromatic carbocycles. The molecule has 1 amide bonds. The SMILES string of the molecule is COc1ccc(CCCC(=O)N2CCN(c3ccccc3)CC2)cc1. The monoisotopic (exact) mass is 338 g/mol. The first-order valence-corrected chi connectivity index (χ1v) is 8.97. The highest BCUT2D eigenvalue weighted by Crippen LogP contribution is 2.17. The summed E-state index contributed by atoms with van der Waals surface area (Å²) in [6.07, 6.45) is 2.45. The molecule has 0 atom stereocenters. The van der Waals surface area contributed by atoms with Gasteiger partial charge in [0.05, 0.1) is 7.11 Å². The third kappa shape index (κ3) is 4.75. The summed E-state index contributed by atoms with van der Waals surface area (Å²) < 4.78 is 5.17. The molecular weight excluding hydrogens is 312 g/mol. The van der Waals surface area contributed by atoms with E-state index in [1.54, 1.807) is 7.11 Å². The molecule has 1 aliphatic rings. The number of nitrogens with zero attached hydrogens (tertiary/aromatic N) is 2. The molecule has 1 heterocycles. The second kappa shape index (κ2) is 8.56. The molecule has 0 unspecified atom stereocenters. The Morgan fingerprint density at radius 2 is 1.64 bits per heavy atom. The van der Waals surface area contributed by atoms with Crippen LogP contribution in [0, 0.1) is 0 Å². The van der Waals surface area contributed by atoms with E-state index in [-0.39, 0.29) is 5.91 Å². The third-order valence-electron chi connectivity index (χ3n) is 4.77. The minimum Gasteiger partial charge on any atom is -0.497 e. The Morgan fingerprint density at radius 3 is 2.28 bits per heavy atom. The number of carbonyl (C=O) groups excluding carboxylic acids is 1. The fourth-order valence-electron chi connectivity index (χ4n) is 3.25. The van der Waals surface area contributed by atoms with Crippen molar-refractivity contribution >= 4 is 11.6 Å². The van der Waals surface area contributed by atoms with Crippen LogP contribution in [0.25, 0.3) is 0 Å². The second-order valence-electron chi connectivity index (χ2n) is 6.41. The highest BCUT2D eigenvalue weighted by molar-refractivity contribution is 5.76. The first kappa shape index (κ1) is 17.3. The topological polar surface area (TPSA) is 32.8 Å². The Balaban J connectivity index is 1.40. The smallest absolute Gasteiger partial charge is 0.222 e. The minimum atomic E-state index is 0.279. The van der Waals surface area contributed by atoms with Crippen molar-refractivity contribution in [3.05, 3.63) is 60.2 Å². The van der Waals surface area contributed by atoms with E-state index < -0.39 is 0 Å². The second-order valence-corrected chi connectivity index (χ2v) is 6.41. The maximum absolute atomic E-state index is 12.4. The minimum absolute atomic E-state index is 0.279. The molecular formula is C21H26N2O2. The van der Waals surface area contributed by atoms with Crippen LogP contribution in [0.15, 0.2) is 54.6 Å². The number of benzene rings is 2. The van der Waals surface area contributed by atoms with Gasteiger partial charge >= 0.3 is 0 Å². The van der Waals surface area contributed by atoms with Gasteiger partial charge in [-0.2, -0.15) is 0 Å². The number of amides is 1. The molecule has 2 aromatic rings. The van der Waals surface area contributed by atoms with E-state index in [1.807, 2.05) is 23.1 Å². The zero-order valence-corrected chi connectivity index (χ0v) is 14.9. The van der Waals surface area contributed by atoms with E-state index in [9.17, 15) is 4.79 Å². The predicted molar refractivity (Wildman–Crippen MR) is 101 cm³/mol. The van der Waals surface area contributed by atoms with E-state index in [4.69, 9.17) is 4.74 Å². The number of carbonyl (C=O) groups is 1. The van der Waals surface area contributed by atoms with Crippen molar-refractivity contribution < 1.29 is 9.53 Å². The molecule has 4 nitrogen and oxygen atoms in total. The van der Waals surface area contributed by atoms with Gasteiger partial charge in [0.25, 0.3) is 0 Å². The average molecular weight is 338 g/mol. The Morgan fingerprint density at radius 1 is 0.960 bits per heavy atom. The molecule has 0 bridgehead atoms. The summed E-state index contributed by atoms with van der Waals surface area (Å²) in [6, 6.07) is 18.5. The van der Waals surface area contributed by atoms with Crippen molar-refractivity contribution in [1.29, 1.82) is 0 Å². The maximum Gasteiger partial charge on any atom is 0.222 e. The normalized spacial score (nSPS) is 14.4. The van der Waals surface area contributed by atoms with Crippen molar-refractivity contribution in [1.82, 2.24) is 4.90 Å². The van der Waals surface area contributed by atoms with Crippen LogP contribution in [0.2, 0.25) is 0 Å². The van der Waals surface area contributed by atoms with Crippen LogP contribution in [0.3, 0.4) is 0 Å². The average Bonchev–Trinajstić information content (AvgIpc) is 2.69. The van der Waals surface area contributed by atoms with Gasteiger partial charge in [-0.05, 0) is 42.7 Å². The van der Waals surface area contributed by atoms with Crippen molar-refractivity contribution in [2.75, 3.05) is 38.2 Å². The largest absolute Gasteiger partial charge is 0.497 e. The van der Waals surface area contributed by atoms with E-state index in [1.165, 1.54) is 11.3 Å². The van der Waals surface area contributed by atoms with Crippen LogP contribution in [0.1, 0.15) is 18.4 Å². The summed E-state index contributed by atoms with van der Waals surface area (Å²) in [5, 5.41) is 0. The van der Waals surface area contributed by atoms with Crippen LogP contribution in [0.4, 0.5) is 5.69 Å². The molecule has 0 aliphatic carbocycles. The molecule has 0 radical (unpaired) electrons. The van der Waals surface area contributed by atoms with Gasteiger partial charge in [-0.15, -0.1) is 0 Å². The summed E-state index contributed by atoms with van der Waals surface area (Å²) in [6.45, 7) is 3.45. The van der Waals surface area contributed by atoms with Crippen LogP contribution >= 0.6 is 0 Å². The predicted octanol–water partition coefficient (Wildman–Crippen LogP) is 3.37. The molecule has 1 fully saturated rings. The summed E-state index contributed by atoms with van der Waals surface area (Å²) in [5.74, 6) is 1.15. The number of methoxy groups -OCH3 is 1. The molecule has 132 valence electrons. The molecule has 4 heteroatoms. The number of anilines is 1. The van der Waals surface area contributed by atoms with Crippen LogP contribution in [-0.2, 0) is 11.2 Å². The lowest BCUT2D eigenvalue weighted by Gasteiger charge is -2.36. The van der Waals surface area contributed by atoms with E-state index >= 15 is 0 Å². The zero-order chi connectivity index (χ0) is 17.5. The van der Waals surface area contributed by atoms with Gasteiger partial charge in [0, 0.05) is 38.3 Å². The number of piperazine rings is 1. The molecule has 0 N–H and O–H groups in total. The van der Waals surface area contributed by atoms with Gasteiger partial charge in [0.2, 0.25) is 5.91 Å². The van der Waals surface area contributed by atoms with Crippen LogP contribution in [0.5, 0.6) is 5.75 Å². The number of aryl methyl sites for hydroxylation is 1. The molecule has 0 saturated carbocycles. The summed E-state index contributed by atoms with van der Waals surface area (Å²) in [7, 11) is 1.67. The van der Waals surface area contributed by atoms with Crippen LogP contribution in [-0.4, -0.2) is 44.1 Å². The van der Waals surface area contributed by atoms with Crippen molar-refractivity contribution in [2.24, 2.45) is 0 Å². The first-order chi connectivity index (χ1) is 12.3. The van der Waals surface area contributed by atoms with Crippen molar-refractivity contribution in [3.63, 3.8) is 0 Å². The fourth-order valence-corrected chi connectivity index (χ4v) is 3.25. The van der Waals surface area contributed by atoms with Gasteiger partial charge in [0.1, 0.15) is 5.75 Å². The molecule has 3 rings (SSSR count). The van der Waals surface area contributed by atoms with E-state index in [0.717, 1.165) is 44.8 Å². The van der Waals surface area contributed by atoms with Crippen molar-refractivity contribution in [3.8, 4) is 5.75 Å². The first-order valence-electron chi connectivity index (χ1n) is 8.97. The molecule has 25 heavy (non-hydrogen) atoms. The standard InChI is InChI=1S/C21H26N2O2/c1-25-20-12-10-18(11-13-20)6-5-9-21(24)23-16-14-22(15-17-23)19-7-3-2-4-8-19/h2-4,7-8,10-13H,5-6,9,14-17H2,1H3. The Bertz CT molecular complexity index is 662. The van der Waals surface area contributed by atoms with Gasteiger partial charge in [-0.3, -0.25) is 4.79 Å². The zero-order valence-electron chi connectivity index (χ0n) is 14.9. The lowest BCUT2D eigenvalue weighted by Crippen LogP contribution is -2.48. The lowest BCUT2D eigenvalue weighted by molar-refractivity contribution is -0.131. The van der Waals surface area contributed by atoms with E-state index in [0.29, 0.717) is 6.42 Å². The van der Waals surface area contributed by atoms with Gasteiger partial charge < -0.3 is 14.5 Å². The van der Waals surface area contributed by atoms with Gasteiger partial charge in [-0.1, -0.05) is 30.3 Å². The Kier molecular flexibility index (Phi) is 5.94. The number of ether oxygens (including phenoxy) is 1. The molecule has 1 aliphatic heterocycles. The molecule has 0 spiro atoms. The summed E-state index contributed by atoms with van der Waals surface area (Å²) >= 11 is 0. The highest BCUT2D eigenvalue weighted by atomic mass is 16.5. The molecule has 1 saturated heterocycles. The maximum atomic E-state index is 12.4. The Labute approximate surface area is 150 Å².